The van der Waals surface area contributed by atoms with Gasteiger partial charge in [0.2, 0.25) is 0 Å². The minimum Gasteiger partial charge on any atom is -0.280 e. The first kappa shape index (κ1) is 9.99. The number of nitrogens with zero attached hydrogens (tertiary/aromatic N) is 2. The Morgan fingerprint density at radius 3 is 2.69 bits per heavy atom. The molecule has 0 radical (unpaired) electrons. The number of hydrogen-bond donors (Lipinski definition) is 1. The van der Waals surface area contributed by atoms with Crippen molar-refractivity contribution < 1.29 is 0 Å². The van der Waals surface area contributed by atoms with Gasteiger partial charge >= 0.3 is 0 Å². The van der Waals surface area contributed by atoms with Crippen LogP contribution >= 0.6 is 11.6 Å². The summed E-state index contributed by atoms with van der Waals surface area (Å²) in [6.07, 6.45) is 0. The maximum absolute atomic E-state index is 5.66. The molecule has 0 saturated heterocycles. The number of aromatic amines is 1. The average molecular weight is 198 g/mol. The minimum absolute atomic E-state index is 0.476. The quantitative estimate of drug-likeness (QED) is 0.660. The zero-order valence-corrected chi connectivity index (χ0v) is 8.68. The Bertz CT molecular complexity index is 395. The fourth-order valence-corrected chi connectivity index (χ4v) is 1.14. The van der Waals surface area contributed by atoms with E-state index in [1.54, 1.807) is 6.07 Å². The second-order valence-corrected chi connectivity index (χ2v) is 2.74. The molecule has 4 heteroatoms. The van der Waals surface area contributed by atoms with Crippen LogP contribution in [0.2, 0.25) is 5.15 Å². The first-order chi connectivity index (χ1) is 6.27. The maximum atomic E-state index is 5.66. The molecule has 2 aromatic heterocycles. The fraction of sp³-hybridized carbons (Fsp3) is 0.333. The van der Waals surface area contributed by atoms with Gasteiger partial charge in [0.1, 0.15) is 5.15 Å². The van der Waals surface area contributed by atoms with Crippen molar-refractivity contribution in [2.45, 2.75) is 20.8 Å². The van der Waals surface area contributed by atoms with Gasteiger partial charge in [-0.3, -0.25) is 5.10 Å². The van der Waals surface area contributed by atoms with E-state index < -0.39 is 0 Å². The van der Waals surface area contributed by atoms with Gasteiger partial charge in [-0.1, -0.05) is 25.4 Å². The van der Waals surface area contributed by atoms with E-state index in [1.807, 2.05) is 26.8 Å². The molecule has 2 aromatic rings. The highest BCUT2D eigenvalue weighted by Gasteiger charge is 2.01. The topological polar surface area (TPSA) is 41.6 Å². The lowest BCUT2D eigenvalue weighted by molar-refractivity contribution is 1.05. The maximum Gasteiger partial charge on any atom is 0.182 e. The van der Waals surface area contributed by atoms with E-state index in [-0.39, 0.29) is 0 Å². The highest BCUT2D eigenvalue weighted by molar-refractivity contribution is 6.29. The van der Waals surface area contributed by atoms with Crippen molar-refractivity contribution in [3.8, 4) is 0 Å². The second kappa shape index (κ2) is 4.23. The third-order valence-electron chi connectivity index (χ3n) is 1.57. The average Bonchev–Trinajstić information content (AvgIpc) is 2.51. The molecule has 0 saturated carbocycles. The van der Waals surface area contributed by atoms with Gasteiger partial charge < -0.3 is 0 Å². The van der Waals surface area contributed by atoms with E-state index in [2.05, 4.69) is 15.2 Å². The fourth-order valence-electron chi connectivity index (χ4n) is 1.00. The van der Waals surface area contributed by atoms with Crippen molar-refractivity contribution in [1.82, 2.24) is 15.2 Å². The van der Waals surface area contributed by atoms with Crippen LogP contribution in [0.1, 0.15) is 19.5 Å². The van der Waals surface area contributed by atoms with Crippen LogP contribution < -0.4 is 0 Å². The molecular formula is C9H12ClN3. The highest BCUT2D eigenvalue weighted by atomic mass is 35.5. The summed E-state index contributed by atoms with van der Waals surface area (Å²) in [6.45, 7) is 5.95. The van der Waals surface area contributed by atoms with Gasteiger partial charge in [0.05, 0.1) is 0 Å². The number of nitrogens with one attached hydrogen (secondary N) is 1. The number of fused-ring (bicyclic) bond motifs is 1. The van der Waals surface area contributed by atoms with E-state index >= 15 is 0 Å². The SMILES string of the molecule is CC.Cc1[nH]nc2nc(Cl)ccc12. The number of aryl methyl sites for hydroxylation is 1. The molecule has 0 unspecified atom stereocenters. The Kier molecular flexibility index (Phi) is 3.25. The Balaban J connectivity index is 0.000000396. The van der Waals surface area contributed by atoms with Crippen LogP contribution in [0.25, 0.3) is 11.0 Å². The Morgan fingerprint density at radius 1 is 1.31 bits per heavy atom. The van der Waals surface area contributed by atoms with Gasteiger partial charge in [-0.05, 0) is 19.1 Å². The van der Waals surface area contributed by atoms with E-state index in [4.69, 9.17) is 11.6 Å². The van der Waals surface area contributed by atoms with Crippen LogP contribution in [0.15, 0.2) is 12.1 Å². The number of H-pyrrole nitrogens is 1. The summed E-state index contributed by atoms with van der Waals surface area (Å²) in [6, 6.07) is 3.66. The van der Waals surface area contributed by atoms with E-state index in [0.717, 1.165) is 11.1 Å². The predicted octanol–water partition coefficient (Wildman–Crippen LogP) is 2.95. The zero-order valence-electron chi connectivity index (χ0n) is 7.93. The first-order valence-electron chi connectivity index (χ1n) is 4.24. The van der Waals surface area contributed by atoms with Gasteiger partial charge in [0.25, 0.3) is 0 Å². The summed E-state index contributed by atoms with van der Waals surface area (Å²) < 4.78 is 0. The van der Waals surface area contributed by atoms with Crippen LogP contribution in [-0.2, 0) is 0 Å². The summed E-state index contributed by atoms with van der Waals surface area (Å²) in [5.41, 5.74) is 1.69. The van der Waals surface area contributed by atoms with Crippen LogP contribution in [0.3, 0.4) is 0 Å². The van der Waals surface area contributed by atoms with E-state index in [1.165, 1.54) is 0 Å². The Morgan fingerprint density at radius 2 is 2.00 bits per heavy atom. The summed E-state index contributed by atoms with van der Waals surface area (Å²) in [5.74, 6) is 0. The Hall–Kier alpha value is -1.09. The molecule has 0 fully saturated rings. The largest absolute Gasteiger partial charge is 0.280 e. The molecule has 0 amide bonds. The number of aromatic nitrogens is 3. The Labute approximate surface area is 82.1 Å². The standard InChI is InChI=1S/C7H6ClN3.C2H6/c1-4-5-2-3-6(8)9-7(5)11-10-4;1-2/h2-3H,1H3,(H,9,10,11);1-2H3. The zero-order chi connectivity index (χ0) is 9.84. The molecule has 0 bridgehead atoms. The molecule has 1 N–H and O–H groups in total. The summed E-state index contributed by atoms with van der Waals surface area (Å²) in [4.78, 5) is 4.02. The van der Waals surface area contributed by atoms with Crippen molar-refractivity contribution in [3.63, 3.8) is 0 Å². The van der Waals surface area contributed by atoms with Crippen molar-refractivity contribution in [2.75, 3.05) is 0 Å². The number of rotatable bonds is 0. The second-order valence-electron chi connectivity index (χ2n) is 2.35. The molecule has 3 nitrogen and oxygen atoms in total. The first-order valence-corrected chi connectivity index (χ1v) is 4.62. The van der Waals surface area contributed by atoms with Gasteiger partial charge in [0, 0.05) is 11.1 Å². The number of pyridine rings is 1. The van der Waals surface area contributed by atoms with Crippen molar-refractivity contribution in [3.05, 3.63) is 23.0 Å². The van der Waals surface area contributed by atoms with Gasteiger partial charge in [-0.15, -0.1) is 0 Å². The monoisotopic (exact) mass is 197 g/mol. The van der Waals surface area contributed by atoms with Crippen LogP contribution in [0, 0.1) is 6.92 Å². The molecule has 13 heavy (non-hydrogen) atoms. The van der Waals surface area contributed by atoms with Crippen LogP contribution in [0.4, 0.5) is 0 Å². The molecule has 0 aliphatic carbocycles. The van der Waals surface area contributed by atoms with Crippen LogP contribution in [-0.4, -0.2) is 15.2 Å². The molecular weight excluding hydrogens is 186 g/mol. The van der Waals surface area contributed by atoms with E-state index in [9.17, 15) is 0 Å². The molecule has 0 atom stereocenters. The van der Waals surface area contributed by atoms with Crippen molar-refractivity contribution in [1.29, 1.82) is 0 Å². The predicted molar refractivity (Wildman–Crippen MR) is 55.0 cm³/mol. The third kappa shape index (κ3) is 1.98. The number of hydrogen-bond acceptors (Lipinski definition) is 2. The van der Waals surface area contributed by atoms with Crippen LogP contribution in [0.5, 0.6) is 0 Å². The summed E-state index contributed by atoms with van der Waals surface area (Å²) >= 11 is 5.66. The molecule has 2 heterocycles. The van der Waals surface area contributed by atoms with Gasteiger partial charge in [-0.2, -0.15) is 5.10 Å². The smallest absolute Gasteiger partial charge is 0.182 e. The summed E-state index contributed by atoms with van der Waals surface area (Å²) in [5, 5.41) is 8.29. The molecule has 2 rings (SSSR count). The highest BCUT2D eigenvalue weighted by Crippen LogP contribution is 2.15. The van der Waals surface area contributed by atoms with Gasteiger partial charge in [0.15, 0.2) is 5.65 Å². The van der Waals surface area contributed by atoms with E-state index in [0.29, 0.717) is 10.8 Å². The van der Waals surface area contributed by atoms with Crippen molar-refractivity contribution in [2.24, 2.45) is 0 Å². The van der Waals surface area contributed by atoms with Gasteiger partial charge in [-0.25, -0.2) is 4.98 Å². The minimum atomic E-state index is 0.476. The molecule has 0 aromatic carbocycles. The number of halogens is 1. The molecule has 0 spiro atoms. The van der Waals surface area contributed by atoms with Crippen molar-refractivity contribution >= 4 is 22.6 Å². The third-order valence-corrected chi connectivity index (χ3v) is 1.79. The lowest BCUT2D eigenvalue weighted by Crippen LogP contribution is -1.76. The molecule has 70 valence electrons. The molecule has 0 aliphatic heterocycles. The molecule has 0 aliphatic rings. The summed E-state index contributed by atoms with van der Waals surface area (Å²) in [7, 11) is 0. The lowest BCUT2D eigenvalue weighted by Gasteiger charge is -1.88. The normalized spacial score (nSPS) is 9.54. The lowest BCUT2D eigenvalue weighted by atomic mass is 10.3.